The molecule has 0 aromatic heterocycles. The molecule has 3 aromatic carbocycles. The van der Waals surface area contributed by atoms with Crippen molar-refractivity contribution in [2.24, 2.45) is 5.41 Å². The molecule has 0 unspecified atom stereocenters. The standard InChI is InChI=1S/C28H34O2/c1-8-29-17-30-26-18(2)13-19-14-22-20-11-9-10-12-24(20)28(6,7)25(22)15-21(19)23(26)16-27(3,4)5/h9-15H,8,16-17H2,1-7H3. The molecule has 0 saturated carbocycles. The maximum Gasteiger partial charge on any atom is 0.189 e. The largest absolute Gasteiger partial charge is 0.467 e. The second-order valence-electron chi connectivity index (χ2n) is 10.3. The van der Waals surface area contributed by atoms with Crippen LogP contribution in [0.25, 0.3) is 21.9 Å². The first kappa shape index (κ1) is 20.9. The third kappa shape index (κ3) is 3.52. The van der Waals surface area contributed by atoms with Gasteiger partial charge in [0, 0.05) is 17.6 Å². The third-order valence-corrected chi connectivity index (χ3v) is 6.28. The minimum atomic E-state index is -0.00362. The first-order chi connectivity index (χ1) is 14.1. The Morgan fingerprint density at radius 1 is 0.933 bits per heavy atom. The second-order valence-corrected chi connectivity index (χ2v) is 10.3. The molecule has 4 rings (SSSR count). The van der Waals surface area contributed by atoms with Gasteiger partial charge >= 0.3 is 0 Å². The van der Waals surface area contributed by atoms with Gasteiger partial charge in [0.25, 0.3) is 0 Å². The summed E-state index contributed by atoms with van der Waals surface area (Å²) in [6.07, 6.45) is 0.957. The minimum Gasteiger partial charge on any atom is -0.467 e. The van der Waals surface area contributed by atoms with Crippen LogP contribution in [0.1, 0.15) is 63.8 Å². The van der Waals surface area contributed by atoms with Gasteiger partial charge in [-0.3, -0.25) is 0 Å². The van der Waals surface area contributed by atoms with Crippen LogP contribution in [0.2, 0.25) is 0 Å². The first-order valence-corrected chi connectivity index (χ1v) is 11.0. The molecule has 0 spiro atoms. The summed E-state index contributed by atoms with van der Waals surface area (Å²) in [5.74, 6) is 0.985. The molecule has 0 fully saturated rings. The van der Waals surface area contributed by atoms with E-state index in [0.29, 0.717) is 13.4 Å². The minimum absolute atomic E-state index is 0.00362. The van der Waals surface area contributed by atoms with Crippen LogP contribution in [-0.4, -0.2) is 13.4 Å². The maximum absolute atomic E-state index is 6.17. The van der Waals surface area contributed by atoms with E-state index in [1.165, 1.54) is 44.2 Å². The molecule has 0 N–H and O–H groups in total. The van der Waals surface area contributed by atoms with Crippen LogP contribution in [0, 0.1) is 12.3 Å². The first-order valence-electron chi connectivity index (χ1n) is 11.0. The van der Waals surface area contributed by atoms with Gasteiger partial charge in [0.05, 0.1) is 0 Å². The van der Waals surface area contributed by atoms with Gasteiger partial charge in [0.1, 0.15) is 5.75 Å². The van der Waals surface area contributed by atoms with Crippen molar-refractivity contribution < 1.29 is 9.47 Å². The van der Waals surface area contributed by atoms with Gasteiger partial charge in [-0.2, -0.15) is 0 Å². The van der Waals surface area contributed by atoms with Crippen molar-refractivity contribution >= 4 is 10.8 Å². The highest BCUT2D eigenvalue weighted by atomic mass is 16.7. The average Bonchev–Trinajstić information content (AvgIpc) is 2.89. The fraction of sp³-hybridized carbons (Fsp3) is 0.429. The zero-order chi connectivity index (χ0) is 21.7. The topological polar surface area (TPSA) is 18.5 Å². The molecule has 0 atom stereocenters. The zero-order valence-corrected chi connectivity index (χ0v) is 19.5. The summed E-state index contributed by atoms with van der Waals surface area (Å²) in [4.78, 5) is 0. The fourth-order valence-electron chi connectivity index (χ4n) is 4.90. The Hall–Kier alpha value is -2.32. The predicted molar refractivity (Wildman–Crippen MR) is 127 cm³/mol. The molecule has 1 aliphatic carbocycles. The van der Waals surface area contributed by atoms with E-state index in [1.54, 1.807) is 0 Å². The summed E-state index contributed by atoms with van der Waals surface area (Å²) < 4.78 is 11.7. The number of rotatable bonds is 5. The van der Waals surface area contributed by atoms with Crippen LogP contribution in [-0.2, 0) is 16.6 Å². The van der Waals surface area contributed by atoms with E-state index in [2.05, 4.69) is 84.0 Å². The van der Waals surface area contributed by atoms with Gasteiger partial charge in [-0.1, -0.05) is 58.9 Å². The highest BCUT2D eigenvalue weighted by Crippen LogP contribution is 2.51. The lowest BCUT2D eigenvalue weighted by Crippen LogP contribution is -2.16. The van der Waals surface area contributed by atoms with E-state index in [0.717, 1.165) is 12.2 Å². The molecular formula is C28H34O2. The molecule has 0 amide bonds. The summed E-state index contributed by atoms with van der Waals surface area (Å²) in [6.45, 7) is 16.7. The van der Waals surface area contributed by atoms with Crippen molar-refractivity contribution in [1.82, 2.24) is 0 Å². The number of benzene rings is 3. The van der Waals surface area contributed by atoms with Crippen molar-refractivity contribution in [3.05, 3.63) is 64.7 Å². The summed E-state index contributed by atoms with van der Waals surface area (Å²) in [6, 6.07) is 15.9. The van der Waals surface area contributed by atoms with E-state index < -0.39 is 0 Å². The Morgan fingerprint density at radius 3 is 2.37 bits per heavy atom. The molecule has 0 aliphatic heterocycles. The average molecular weight is 403 g/mol. The van der Waals surface area contributed by atoms with E-state index >= 15 is 0 Å². The van der Waals surface area contributed by atoms with Gasteiger partial charge in [-0.15, -0.1) is 0 Å². The fourth-order valence-corrected chi connectivity index (χ4v) is 4.90. The summed E-state index contributed by atoms with van der Waals surface area (Å²) in [7, 11) is 0. The number of hydrogen-bond acceptors (Lipinski definition) is 2. The number of ether oxygens (including phenoxy) is 2. The summed E-state index contributed by atoms with van der Waals surface area (Å²) in [5, 5.41) is 2.60. The normalized spacial score (nSPS) is 14.6. The zero-order valence-electron chi connectivity index (χ0n) is 19.5. The highest BCUT2D eigenvalue weighted by molar-refractivity contribution is 5.96. The molecular weight excluding hydrogens is 368 g/mol. The highest BCUT2D eigenvalue weighted by Gasteiger charge is 2.35. The van der Waals surface area contributed by atoms with E-state index in [1.807, 2.05) is 6.92 Å². The lowest BCUT2D eigenvalue weighted by atomic mass is 9.80. The Morgan fingerprint density at radius 2 is 1.67 bits per heavy atom. The van der Waals surface area contributed by atoms with Crippen LogP contribution in [0.4, 0.5) is 0 Å². The van der Waals surface area contributed by atoms with Gasteiger partial charge in [0.2, 0.25) is 0 Å². The maximum atomic E-state index is 6.17. The van der Waals surface area contributed by atoms with Gasteiger partial charge in [-0.05, 0) is 82.5 Å². The molecule has 0 saturated heterocycles. The number of hydrogen-bond donors (Lipinski definition) is 0. The van der Waals surface area contributed by atoms with Crippen LogP contribution in [0.5, 0.6) is 5.75 Å². The Bertz CT molecular complexity index is 1100. The number of fused-ring (bicyclic) bond motifs is 4. The Labute approximate surface area is 181 Å². The molecule has 2 nitrogen and oxygen atoms in total. The van der Waals surface area contributed by atoms with Crippen molar-refractivity contribution in [2.45, 2.75) is 60.3 Å². The van der Waals surface area contributed by atoms with Crippen molar-refractivity contribution in [3.63, 3.8) is 0 Å². The van der Waals surface area contributed by atoms with Gasteiger partial charge < -0.3 is 9.47 Å². The molecule has 30 heavy (non-hydrogen) atoms. The smallest absolute Gasteiger partial charge is 0.189 e. The number of aryl methyl sites for hydroxylation is 1. The lowest BCUT2D eigenvalue weighted by molar-refractivity contribution is 0.0213. The molecule has 2 heteroatoms. The van der Waals surface area contributed by atoms with Crippen LogP contribution in [0.3, 0.4) is 0 Å². The van der Waals surface area contributed by atoms with E-state index in [-0.39, 0.29) is 10.8 Å². The quantitative estimate of drug-likeness (QED) is 0.327. The summed E-state index contributed by atoms with van der Waals surface area (Å²) in [5.41, 5.74) is 8.18. The van der Waals surface area contributed by atoms with Crippen molar-refractivity contribution in [2.75, 3.05) is 13.4 Å². The molecule has 0 radical (unpaired) electrons. The second kappa shape index (κ2) is 7.42. The summed E-state index contributed by atoms with van der Waals surface area (Å²) >= 11 is 0. The Kier molecular flexibility index (Phi) is 5.18. The van der Waals surface area contributed by atoms with Crippen molar-refractivity contribution in [1.29, 1.82) is 0 Å². The van der Waals surface area contributed by atoms with E-state index in [4.69, 9.17) is 9.47 Å². The molecule has 158 valence electrons. The van der Waals surface area contributed by atoms with Gasteiger partial charge in [0.15, 0.2) is 6.79 Å². The lowest BCUT2D eigenvalue weighted by Gasteiger charge is -2.25. The van der Waals surface area contributed by atoms with Crippen LogP contribution in [0.15, 0.2) is 42.5 Å². The molecule has 0 bridgehead atoms. The van der Waals surface area contributed by atoms with E-state index in [9.17, 15) is 0 Å². The SMILES string of the molecule is CCOCOc1c(C)cc2cc3c(cc2c1CC(C)(C)C)C(C)(C)c1ccccc1-3. The van der Waals surface area contributed by atoms with Crippen LogP contribution >= 0.6 is 0 Å². The molecule has 3 aromatic rings. The predicted octanol–water partition coefficient (Wildman–Crippen LogP) is 7.42. The third-order valence-electron chi connectivity index (χ3n) is 6.28. The Balaban J connectivity index is 1.97. The monoisotopic (exact) mass is 402 g/mol. The molecule has 0 heterocycles. The van der Waals surface area contributed by atoms with Crippen LogP contribution < -0.4 is 4.74 Å². The molecule has 1 aliphatic rings. The van der Waals surface area contributed by atoms with Crippen molar-refractivity contribution in [3.8, 4) is 16.9 Å². The van der Waals surface area contributed by atoms with Gasteiger partial charge in [-0.25, -0.2) is 0 Å².